The Bertz CT molecular complexity index is 966. The van der Waals surface area contributed by atoms with E-state index in [9.17, 15) is 9.59 Å². The van der Waals surface area contributed by atoms with E-state index in [1.54, 1.807) is 23.5 Å². The quantitative estimate of drug-likeness (QED) is 0.617. The van der Waals surface area contributed by atoms with Crippen LogP contribution in [0.4, 0.5) is 11.4 Å². The average molecular weight is 402 g/mol. The number of benzene rings is 1. The molecule has 2 amide bonds. The zero-order valence-electron chi connectivity index (χ0n) is 15.1. The number of thioether (sulfide) groups is 1. The molecule has 0 saturated heterocycles. The third kappa shape index (κ3) is 4.75. The van der Waals surface area contributed by atoms with Crippen LogP contribution < -0.4 is 10.6 Å². The summed E-state index contributed by atoms with van der Waals surface area (Å²) in [6.07, 6.45) is 0. The Morgan fingerprint density at radius 2 is 2.04 bits per heavy atom. The lowest BCUT2D eigenvalue weighted by atomic mass is 10.1. The highest BCUT2D eigenvalue weighted by Gasteiger charge is 2.14. The van der Waals surface area contributed by atoms with Crippen LogP contribution in [0.2, 0.25) is 0 Å². The van der Waals surface area contributed by atoms with Crippen molar-refractivity contribution in [3.8, 4) is 10.7 Å². The summed E-state index contributed by atoms with van der Waals surface area (Å²) in [5, 5.41) is 16.7. The minimum atomic E-state index is -0.131. The van der Waals surface area contributed by atoms with Gasteiger partial charge in [0.2, 0.25) is 11.8 Å². The van der Waals surface area contributed by atoms with Gasteiger partial charge in [-0.3, -0.25) is 9.59 Å². The van der Waals surface area contributed by atoms with Crippen molar-refractivity contribution in [1.29, 1.82) is 0 Å². The fourth-order valence-corrected chi connectivity index (χ4v) is 3.92. The van der Waals surface area contributed by atoms with Crippen molar-refractivity contribution in [1.82, 2.24) is 14.8 Å². The highest BCUT2D eigenvalue weighted by molar-refractivity contribution is 7.99. The van der Waals surface area contributed by atoms with Crippen molar-refractivity contribution >= 4 is 46.3 Å². The molecule has 3 rings (SSSR count). The minimum absolute atomic E-state index is 0.129. The smallest absolute Gasteiger partial charge is 0.234 e. The van der Waals surface area contributed by atoms with Crippen LogP contribution in [0.3, 0.4) is 0 Å². The van der Waals surface area contributed by atoms with Crippen molar-refractivity contribution in [2.24, 2.45) is 7.05 Å². The van der Waals surface area contributed by atoms with Gasteiger partial charge in [-0.2, -0.15) is 0 Å². The van der Waals surface area contributed by atoms with Crippen LogP contribution in [0.25, 0.3) is 10.7 Å². The fraction of sp³-hybridized carbons (Fsp3) is 0.222. The van der Waals surface area contributed by atoms with Crippen LogP contribution >= 0.6 is 23.1 Å². The van der Waals surface area contributed by atoms with Crippen molar-refractivity contribution in [2.45, 2.75) is 19.0 Å². The predicted molar refractivity (Wildman–Crippen MR) is 109 cm³/mol. The van der Waals surface area contributed by atoms with Crippen molar-refractivity contribution in [2.75, 3.05) is 16.4 Å². The number of rotatable bonds is 6. The number of hydrogen-bond acceptors (Lipinski definition) is 6. The van der Waals surface area contributed by atoms with E-state index in [-0.39, 0.29) is 17.6 Å². The van der Waals surface area contributed by atoms with Crippen LogP contribution in [0.1, 0.15) is 12.5 Å². The summed E-state index contributed by atoms with van der Waals surface area (Å²) < 4.78 is 1.89. The van der Waals surface area contributed by atoms with E-state index < -0.39 is 0 Å². The van der Waals surface area contributed by atoms with Gasteiger partial charge in [0, 0.05) is 25.3 Å². The molecule has 0 aliphatic rings. The van der Waals surface area contributed by atoms with Gasteiger partial charge in [-0.15, -0.1) is 21.5 Å². The van der Waals surface area contributed by atoms with Crippen molar-refractivity contribution < 1.29 is 9.59 Å². The van der Waals surface area contributed by atoms with Crippen LogP contribution in [-0.2, 0) is 16.6 Å². The Labute approximate surface area is 165 Å². The van der Waals surface area contributed by atoms with E-state index in [1.807, 2.05) is 42.1 Å². The molecule has 7 nitrogen and oxygen atoms in total. The third-order valence-electron chi connectivity index (χ3n) is 3.73. The number of amides is 2. The zero-order valence-corrected chi connectivity index (χ0v) is 16.8. The second-order valence-corrected chi connectivity index (χ2v) is 7.78. The Morgan fingerprint density at radius 1 is 1.22 bits per heavy atom. The molecule has 0 spiro atoms. The first-order chi connectivity index (χ1) is 12.9. The molecule has 2 aromatic heterocycles. The normalized spacial score (nSPS) is 10.6. The molecule has 1 aromatic carbocycles. The number of hydrogen-bond donors (Lipinski definition) is 2. The molecular weight excluding hydrogens is 382 g/mol. The number of nitrogens with zero attached hydrogens (tertiary/aromatic N) is 3. The lowest BCUT2D eigenvalue weighted by molar-refractivity contribution is -0.114. The molecule has 0 saturated carbocycles. The first-order valence-corrected chi connectivity index (χ1v) is 10.0. The molecular formula is C18H19N5O2S2. The van der Waals surface area contributed by atoms with Crippen LogP contribution in [-0.4, -0.2) is 32.3 Å². The molecule has 0 radical (unpaired) electrons. The van der Waals surface area contributed by atoms with Crippen LogP contribution in [0.15, 0.2) is 40.9 Å². The summed E-state index contributed by atoms with van der Waals surface area (Å²) in [7, 11) is 1.89. The molecule has 0 aliphatic heterocycles. The van der Waals surface area contributed by atoms with Crippen LogP contribution in [0.5, 0.6) is 0 Å². The lowest BCUT2D eigenvalue weighted by Crippen LogP contribution is -2.15. The Morgan fingerprint density at radius 3 is 2.70 bits per heavy atom. The molecule has 9 heteroatoms. The molecule has 0 bridgehead atoms. The largest absolute Gasteiger partial charge is 0.326 e. The summed E-state index contributed by atoms with van der Waals surface area (Å²) in [5.74, 6) is 0.755. The molecule has 0 unspecified atom stereocenters. The number of aryl methyl sites for hydroxylation is 1. The Balaban J connectivity index is 1.60. The molecule has 0 aliphatic carbocycles. The number of aromatic nitrogens is 3. The van der Waals surface area contributed by atoms with Crippen molar-refractivity contribution in [3.63, 3.8) is 0 Å². The van der Waals surface area contributed by atoms with Gasteiger partial charge in [0.15, 0.2) is 11.0 Å². The molecule has 0 fully saturated rings. The predicted octanol–water partition coefficient (Wildman–Crippen LogP) is 3.54. The Hall–Kier alpha value is -2.65. The molecule has 3 aromatic rings. The molecule has 2 N–H and O–H groups in total. The average Bonchev–Trinajstić information content (AvgIpc) is 3.25. The molecule has 0 atom stereocenters. The monoisotopic (exact) mass is 401 g/mol. The second kappa shape index (κ2) is 8.36. The van der Waals surface area contributed by atoms with E-state index in [0.717, 1.165) is 16.3 Å². The first kappa shape index (κ1) is 19.1. The maximum absolute atomic E-state index is 12.3. The number of thiophene rings is 1. The van der Waals surface area contributed by atoms with E-state index in [4.69, 9.17) is 0 Å². The summed E-state index contributed by atoms with van der Waals surface area (Å²) in [6, 6.07) is 9.31. The van der Waals surface area contributed by atoms with E-state index in [1.165, 1.54) is 18.7 Å². The van der Waals surface area contributed by atoms with E-state index >= 15 is 0 Å². The highest BCUT2D eigenvalue weighted by atomic mass is 32.2. The SMILES string of the molecule is CC(=O)Nc1ccc(NC(=O)CSc2nnc(-c3cccs3)n2C)c(C)c1. The van der Waals surface area contributed by atoms with Crippen LogP contribution in [0, 0.1) is 6.92 Å². The van der Waals surface area contributed by atoms with Gasteiger partial charge in [-0.25, -0.2) is 0 Å². The van der Waals surface area contributed by atoms with E-state index in [2.05, 4.69) is 20.8 Å². The number of nitrogens with one attached hydrogen (secondary N) is 2. The standard InChI is InChI=1S/C18H19N5O2S2/c1-11-9-13(19-12(2)24)6-7-14(11)20-16(25)10-27-18-22-21-17(23(18)3)15-5-4-8-26-15/h4-9H,10H2,1-3H3,(H,19,24)(H,20,25). The van der Waals surface area contributed by atoms with Gasteiger partial charge in [-0.1, -0.05) is 17.8 Å². The third-order valence-corrected chi connectivity index (χ3v) is 5.62. The molecule has 27 heavy (non-hydrogen) atoms. The summed E-state index contributed by atoms with van der Waals surface area (Å²) >= 11 is 2.93. The number of carbonyl (C=O) groups excluding carboxylic acids is 2. The topological polar surface area (TPSA) is 88.9 Å². The summed E-state index contributed by atoms with van der Waals surface area (Å²) in [6.45, 7) is 3.34. The maximum Gasteiger partial charge on any atom is 0.234 e. The number of anilines is 2. The lowest BCUT2D eigenvalue weighted by Gasteiger charge is -2.10. The van der Waals surface area contributed by atoms with Gasteiger partial charge in [0.25, 0.3) is 0 Å². The minimum Gasteiger partial charge on any atom is -0.326 e. The number of carbonyl (C=O) groups is 2. The molecule has 140 valence electrons. The summed E-state index contributed by atoms with van der Waals surface area (Å²) in [4.78, 5) is 24.4. The van der Waals surface area contributed by atoms with Gasteiger partial charge in [0.1, 0.15) is 0 Å². The highest BCUT2D eigenvalue weighted by Crippen LogP contribution is 2.26. The Kier molecular flexibility index (Phi) is 5.92. The zero-order chi connectivity index (χ0) is 19.4. The molecule has 2 heterocycles. The second-order valence-electron chi connectivity index (χ2n) is 5.89. The van der Waals surface area contributed by atoms with Crippen molar-refractivity contribution in [3.05, 3.63) is 41.3 Å². The van der Waals surface area contributed by atoms with E-state index in [0.29, 0.717) is 16.5 Å². The van der Waals surface area contributed by atoms with Gasteiger partial charge >= 0.3 is 0 Å². The fourth-order valence-electron chi connectivity index (χ4n) is 2.46. The van der Waals surface area contributed by atoms with Gasteiger partial charge in [-0.05, 0) is 42.1 Å². The van der Waals surface area contributed by atoms with Gasteiger partial charge in [0.05, 0.1) is 10.6 Å². The first-order valence-electron chi connectivity index (χ1n) is 8.18. The summed E-state index contributed by atoms with van der Waals surface area (Å²) in [5.41, 5.74) is 2.29. The maximum atomic E-state index is 12.3. The van der Waals surface area contributed by atoms with Gasteiger partial charge < -0.3 is 15.2 Å².